The fourth-order valence-electron chi connectivity index (χ4n) is 1.72. The highest BCUT2D eigenvalue weighted by atomic mass is 16.3. The monoisotopic (exact) mass is 234 g/mol. The summed E-state index contributed by atoms with van der Waals surface area (Å²) < 4.78 is 0. The molecule has 0 aliphatic rings. The molecule has 1 nitrogen and oxygen atoms in total. The van der Waals surface area contributed by atoms with Gasteiger partial charge < -0.3 is 5.11 Å². The Labute approximate surface area is 107 Å². The molecule has 0 bridgehead atoms. The Morgan fingerprint density at radius 3 is 2.71 bits per heavy atom. The summed E-state index contributed by atoms with van der Waals surface area (Å²) in [5.41, 5.74) is 0.931. The molecule has 1 N–H and O–H groups in total. The van der Waals surface area contributed by atoms with Crippen LogP contribution in [-0.2, 0) is 0 Å². The molecule has 1 unspecified atom stereocenters. The van der Waals surface area contributed by atoms with Crippen LogP contribution in [0.4, 0.5) is 0 Å². The van der Waals surface area contributed by atoms with E-state index in [4.69, 9.17) is 6.42 Å². The van der Waals surface area contributed by atoms with Gasteiger partial charge >= 0.3 is 0 Å². The Kier molecular flexibility index (Phi) is 9.57. The predicted molar refractivity (Wildman–Crippen MR) is 75.7 cm³/mol. The highest BCUT2D eigenvalue weighted by Crippen LogP contribution is 2.12. The first kappa shape index (κ1) is 16.0. The molecule has 0 radical (unpaired) electrons. The van der Waals surface area contributed by atoms with Gasteiger partial charge in [0.15, 0.2) is 0 Å². The molecule has 0 aliphatic heterocycles. The maximum atomic E-state index is 9.59. The zero-order valence-corrected chi connectivity index (χ0v) is 11.4. The van der Waals surface area contributed by atoms with Crippen LogP contribution in [0.15, 0.2) is 23.8 Å². The molecule has 1 heteroatoms. The molecule has 0 heterocycles. The van der Waals surface area contributed by atoms with E-state index in [9.17, 15) is 5.11 Å². The quantitative estimate of drug-likeness (QED) is 0.495. The van der Waals surface area contributed by atoms with Crippen LogP contribution in [0.2, 0.25) is 0 Å². The number of hydrogen-bond acceptors (Lipinski definition) is 1. The van der Waals surface area contributed by atoms with Crippen molar-refractivity contribution in [2.45, 2.75) is 59.0 Å². The highest BCUT2D eigenvalue weighted by Gasteiger charge is 2.02. The molecule has 0 saturated heterocycles. The second kappa shape index (κ2) is 10.2. The van der Waals surface area contributed by atoms with Gasteiger partial charge in [-0.05, 0) is 31.3 Å². The number of allylic oxidation sites excluding steroid dienone is 3. The van der Waals surface area contributed by atoms with E-state index in [-0.39, 0.29) is 0 Å². The molecule has 0 saturated carbocycles. The fraction of sp³-hybridized carbons (Fsp3) is 0.625. The van der Waals surface area contributed by atoms with Gasteiger partial charge in [0, 0.05) is 6.42 Å². The van der Waals surface area contributed by atoms with E-state index in [0.717, 1.165) is 17.9 Å². The number of hydrogen-bond donors (Lipinski definition) is 1. The lowest BCUT2D eigenvalue weighted by Crippen LogP contribution is -2.05. The molecular weight excluding hydrogens is 208 g/mol. The number of terminal acetylenes is 1. The maximum absolute atomic E-state index is 9.59. The Hall–Kier alpha value is -1.00. The molecule has 0 spiro atoms. The van der Waals surface area contributed by atoms with Gasteiger partial charge in [0.05, 0.1) is 6.10 Å². The van der Waals surface area contributed by atoms with Gasteiger partial charge in [0.25, 0.3) is 0 Å². The van der Waals surface area contributed by atoms with E-state index in [1.54, 1.807) is 0 Å². The van der Waals surface area contributed by atoms with Crippen LogP contribution >= 0.6 is 0 Å². The van der Waals surface area contributed by atoms with Gasteiger partial charge in [-0.3, -0.25) is 0 Å². The summed E-state index contributed by atoms with van der Waals surface area (Å²) in [6.45, 7) is 6.44. The molecule has 0 aromatic rings. The minimum atomic E-state index is -0.497. The van der Waals surface area contributed by atoms with Crippen molar-refractivity contribution in [3.8, 4) is 12.3 Å². The fourth-order valence-corrected chi connectivity index (χ4v) is 1.72. The topological polar surface area (TPSA) is 20.2 Å². The summed E-state index contributed by atoms with van der Waals surface area (Å²) in [4.78, 5) is 0. The lowest BCUT2D eigenvalue weighted by Gasteiger charge is -2.07. The minimum absolute atomic E-state index is 0.393. The SMILES string of the molecule is C#CCC(O)/C(C)=C/C=C/CC[C@@H](C)CCC. The Bertz CT molecular complexity index is 280. The molecule has 2 atom stereocenters. The lowest BCUT2D eigenvalue weighted by molar-refractivity contribution is 0.217. The van der Waals surface area contributed by atoms with Crippen LogP contribution in [0.3, 0.4) is 0 Å². The van der Waals surface area contributed by atoms with Crippen LogP contribution in [0.5, 0.6) is 0 Å². The third kappa shape index (κ3) is 8.77. The second-order valence-electron chi connectivity index (χ2n) is 4.73. The van der Waals surface area contributed by atoms with Gasteiger partial charge in [-0.15, -0.1) is 12.3 Å². The van der Waals surface area contributed by atoms with E-state index in [1.807, 2.05) is 19.1 Å². The molecule has 0 rings (SSSR count). The van der Waals surface area contributed by atoms with Crippen LogP contribution in [0.25, 0.3) is 0 Å². The molecule has 0 aromatic carbocycles. The van der Waals surface area contributed by atoms with Crippen molar-refractivity contribution >= 4 is 0 Å². The minimum Gasteiger partial charge on any atom is -0.388 e. The van der Waals surface area contributed by atoms with E-state index in [1.165, 1.54) is 19.3 Å². The van der Waals surface area contributed by atoms with Crippen molar-refractivity contribution < 1.29 is 5.11 Å². The summed E-state index contributed by atoms with van der Waals surface area (Å²) in [5, 5.41) is 9.59. The molecule has 0 aliphatic carbocycles. The summed E-state index contributed by atoms with van der Waals surface area (Å²) in [6, 6.07) is 0. The molecule has 0 amide bonds. The normalized spacial score (nSPS) is 15.8. The smallest absolute Gasteiger partial charge is 0.0859 e. The first-order valence-corrected chi connectivity index (χ1v) is 6.56. The largest absolute Gasteiger partial charge is 0.388 e. The van der Waals surface area contributed by atoms with Gasteiger partial charge in [-0.1, -0.05) is 44.9 Å². The van der Waals surface area contributed by atoms with Gasteiger partial charge in [0.2, 0.25) is 0 Å². The van der Waals surface area contributed by atoms with Gasteiger partial charge in [0.1, 0.15) is 0 Å². The van der Waals surface area contributed by atoms with E-state index in [0.29, 0.717) is 6.42 Å². The van der Waals surface area contributed by atoms with Gasteiger partial charge in [-0.2, -0.15) is 0 Å². The number of aliphatic hydroxyl groups is 1. The third-order valence-corrected chi connectivity index (χ3v) is 2.94. The molecular formula is C16H26O. The first-order chi connectivity index (χ1) is 8.11. The Morgan fingerprint density at radius 2 is 2.12 bits per heavy atom. The Morgan fingerprint density at radius 1 is 1.41 bits per heavy atom. The van der Waals surface area contributed by atoms with E-state index >= 15 is 0 Å². The van der Waals surface area contributed by atoms with Crippen LogP contribution in [0, 0.1) is 18.3 Å². The predicted octanol–water partition coefficient (Wildman–Crippen LogP) is 4.09. The van der Waals surface area contributed by atoms with Crippen molar-refractivity contribution in [1.82, 2.24) is 0 Å². The van der Waals surface area contributed by atoms with Crippen molar-refractivity contribution in [2.24, 2.45) is 5.92 Å². The standard InChI is InChI=1S/C16H26O/c1-5-10-14(3)12-8-7-9-13-15(4)16(17)11-6-2/h2,7,9,13-14,16-17H,5,8,10-12H2,1,3-4H3/b9-7+,15-13+/t14-,16?/m0/s1. The maximum Gasteiger partial charge on any atom is 0.0859 e. The molecule has 0 fully saturated rings. The van der Waals surface area contributed by atoms with Gasteiger partial charge in [-0.25, -0.2) is 0 Å². The average molecular weight is 234 g/mol. The summed E-state index contributed by atoms with van der Waals surface area (Å²) in [7, 11) is 0. The Balaban J connectivity index is 3.86. The molecule has 17 heavy (non-hydrogen) atoms. The van der Waals surface area contributed by atoms with E-state index < -0.39 is 6.10 Å². The van der Waals surface area contributed by atoms with Crippen molar-refractivity contribution in [3.63, 3.8) is 0 Å². The molecule has 96 valence electrons. The number of rotatable bonds is 8. The molecule has 0 aromatic heterocycles. The van der Waals surface area contributed by atoms with Crippen LogP contribution < -0.4 is 0 Å². The lowest BCUT2D eigenvalue weighted by atomic mass is 10.0. The average Bonchev–Trinajstić information content (AvgIpc) is 2.29. The third-order valence-electron chi connectivity index (χ3n) is 2.94. The van der Waals surface area contributed by atoms with E-state index in [2.05, 4.69) is 25.8 Å². The highest BCUT2D eigenvalue weighted by molar-refractivity contribution is 5.15. The number of aliphatic hydroxyl groups excluding tert-OH is 1. The zero-order valence-electron chi connectivity index (χ0n) is 11.4. The second-order valence-corrected chi connectivity index (χ2v) is 4.73. The zero-order chi connectivity index (χ0) is 13.1. The summed E-state index contributed by atoms with van der Waals surface area (Å²) >= 11 is 0. The van der Waals surface area contributed by atoms with Crippen molar-refractivity contribution in [3.05, 3.63) is 23.8 Å². The van der Waals surface area contributed by atoms with Crippen LogP contribution in [0.1, 0.15) is 52.9 Å². The van der Waals surface area contributed by atoms with Crippen molar-refractivity contribution in [2.75, 3.05) is 0 Å². The summed E-state index contributed by atoms with van der Waals surface area (Å²) in [5.74, 6) is 3.27. The summed E-state index contributed by atoms with van der Waals surface area (Å²) in [6.07, 6.45) is 16.1. The first-order valence-electron chi connectivity index (χ1n) is 6.56. The van der Waals surface area contributed by atoms with Crippen molar-refractivity contribution in [1.29, 1.82) is 0 Å². The van der Waals surface area contributed by atoms with Crippen LogP contribution in [-0.4, -0.2) is 11.2 Å².